The fraction of sp³-hybridized carbons (Fsp3) is 0.463. The minimum absolute atomic E-state index is 0.0455. The SMILES string of the molecule is CC(C)(C)OC(=O)CN(c1ccc2c(ccn2-c2ccc(N(CCN(C(=O)OC(C)(C)C)C(=O)OC(C)(C)C)C(=O)OC(C)(C)C)nn2)c1)S(=O)(=O)c1cc(Cl)cc(Cl)c1. The topological polar surface area (TPSA) is 180 Å². The number of imide groups is 1. The molecular formula is C41H52Cl2N6O10S. The Labute approximate surface area is 360 Å². The third kappa shape index (κ3) is 13.2. The lowest BCUT2D eigenvalue weighted by Gasteiger charge is -2.31. The Morgan fingerprint density at radius 2 is 1.18 bits per heavy atom. The van der Waals surface area contributed by atoms with Gasteiger partial charge in [0.15, 0.2) is 11.6 Å². The number of ether oxygens (including phenoxy) is 4. The maximum atomic E-state index is 14.1. The summed E-state index contributed by atoms with van der Waals surface area (Å²) in [6.07, 6.45) is -1.07. The first-order chi connectivity index (χ1) is 27.4. The van der Waals surface area contributed by atoms with Crippen molar-refractivity contribution in [1.29, 1.82) is 0 Å². The highest BCUT2D eigenvalue weighted by atomic mass is 35.5. The summed E-state index contributed by atoms with van der Waals surface area (Å²) < 4.78 is 52.8. The summed E-state index contributed by atoms with van der Waals surface area (Å²) in [6.45, 7) is 18.7. The molecule has 0 fully saturated rings. The van der Waals surface area contributed by atoms with E-state index in [-0.39, 0.29) is 39.5 Å². The molecule has 0 saturated heterocycles. The van der Waals surface area contributed by atoms with Crippen LogP contribution in [0.3, 0.4) is 0 Å². The average Bonchev–Trinajstić information content (AvgIpc) is 3.49. The van der Waals surface area contributed by atoms with Crippen LogP contribution in [0.25, 0.3) is 16.7 Å². The first-order valence-electron chi connectivity index (χ1n) is 18.8. The van der Waals surface area contributed by atoms with Gasteiger partial charge in [-0.1, -0.05) is 23.2 Å². The van der Waals surface area contributed by atoms with Crippen molar-refractivity contribution in [3.05, 3.63) is 70.8 Å². The van der Waals surface area contributed by atoms with Crippen LogP contribution in [-0.4, -0.2) is 94.4 Å². The molecule has 60 heavy (non-hydrogen) atoms. The Balaban J connectivity index is 1.70. The molecule has 0 aliphatic rings. The summed E-state index contributed by atoms with van der Waals surface area (Å²) in [7, 11) is -4.39. The number of fused-ring (bicyclic) bond motifs is 1. The van der Waals surface area contributed by atoms with Gasteiger partial charge in [0.2, 0.25) is 0 Å². The van der Waals surface area contributed by atoms with Crippen molar-refractivity contribution in [3.63, 3.8) is 0 Å². The zero-order valence-corrected chi connectivity index (χ0v) is 38.2. The van der Waals surface area contributed by atoms with Crippen LogP contribution >= 0.6 is 23.2 Å². The third-order valence-corrected chi connectivity index (χ3v) is 9.82. The van der Waals surface area contributed by atoms with Crippen molar-refractivity contribution in [2.45, 2.75) is 110 Å². The van der Waals surface area contributed by atoms with E-state index in [4.69, 9.17) is 42.1 Å². The predicted octanol–water partition coefficient (Wildman–Crippen LogP) is 9.18. The molecule has 4 aromatic rings. The largest absolute Gasteiger partial charge is 0.459 e. The lowest BCUT2D eigenvalue weighted by Crippen LogP contribution is -2.48. The van der Waals surface area contributed by atoms with Gasteiger partial charge in [0.25, 0.3) is 10.0 Å². The average molecular weight is 892 g/mol. The second-order valence-electron chi connectivity index (χ2n) is 17.6. The van der Waals surface area contributed by atoms with Gasteiger partial charge in [0.05, 0.1) is 22.6 Å². The summed E-state index contributed by atoms with van der Waals surface area (Å²) in [4.78, 5) is 54.7. The van der Waals surface area contributed by atoms with Crippen LogP contribution in [0.5, 0.6) is 0 Å². The molecule has 0 aliphatic carbocycles. The van der Waals surface area contributed by atoms with Crippen LogP contribution < -0.4 is 9.21 Å². The van der Waals surface area contributed by atoms with E-state index in [2.05, 4.69) is 10.2 Å². The van der Waals surface area contributed by atoms with Gasteiger partial charge >= 0.3 is 24.2 Å². The fourth-order valence-corrected chi connectivity index (χ4v) is 7.52. The summed E-state index contributed by atoms with van der Waals surface area (Å²) in [5.74, 6) is -0.416. The molecule has 0 atom stereocenters. The first kappa shape index (κ1) is 47.5. The van der Waals surface area contributed by atoms with Crippen molar-refractivity contribution < 1.29 is 46.5 Å². The molecule has 0 unspecified atom stereocenters. The maximum Gasteiger partial charge on any atom is 0.419 e. The van der Waals surface area contributed by atoms with Gasteiger partial charge in [-0.2, -0.15) is 0 Å². The lowest BCUT2D eigenvalue weighted by atomic mass is 10.2. The standard InChI is InChI=1S/C41H52Cl2N6O10S/c1-38(2,3)56-34(50)25-49(60(54,55)30-23-27(42)22-28(43)24-30)29-13-14-31-26(21-29)17-18-46(31)32-15-16-33(45-44-32)47(35(51)57-39(4,5)6)19-20-48(36(52)58-40(7,8)9)37(53)59-41(10,11)12/h13-18,21-24H,19-20,25H2,1-12H3. The van der Waals surface area contributed by atoms with Crippen molar-refractivity contribution >= 4 is 79.9 Å². The van der Waals surface area contributed by atoms with Gasteiger partial charge in [0.1, 0.15) is 28.9 Å². The Morgan fingerprint density at radius 3 is 1.68 bits per heavy atom. The zero-order valence-electron chi connectivity index (χ0n) is 35.8. The van der Waals surface area contributed by atoms with Crippen LogP contribution in [0.1, 0.15) is 83.1 Å². The van der Waals surface area contributed by atoms with E-state index in [9.17, 15) is 27.6 Å². The summed E-state index contributed by atoms with van der Waals surface area (Å²) >= 11 is 12.3. The van der Waals surface area contributed by atoms with Crippen LogP contribution in [0, 0.1) is 0 Å². The number of halogens is 2. The molecule has 4 rings (SSSR count). The number of esters is 1. The van der Waals surface area contributed by atoms with Gasteiger partial charge in [-0.05, 0) is 138 Å². The van der Waals surface area contributed by atoms with Crippen molar-refractivity contribution in [3.8, 4) is 5.82 Å². The quantitative estimate of drug-likeness (QED) is 0.109. The van der Waals surface area contributed by atoms with E-state index < -0.39 is 63.2 Å². The molecule has 16 nitrogen and oxygen atoms in total. The van der Waals surface area contributed by atoms with E-state index in [1.165, 1.54) is 30.3 Å². The molecule has 19 heteroatoms. The van der Waals surface area contributed by atoms with Crippen molar-refractivity contribution in [2.24, 2.45) is 0 Å². The van der Waals surface area contributed by atoms with Gasteiger partial charge < -0.3 is 18.9 Å². The van der Waals surface area contributed by atoms with Gasteiger partial charge in [-0.25, -0.2) is 27.7 Å². The number of carbonyl (C=O) groups is 4. The Bertz CT molecular complexity index is 2290. The number of hydrogen-bond donors (Lipinski definition) is 0. The fourth-order valence-electron chi connectivity index (χ4n) is 5.39. The molecule has 0 bridgehead atoms. The van der Waals surface area contributed by atoms with Crippen LogP contribution in [0.15, 0.2) is 65.7 Å². The smallest absolute Gasteiger partial charge is 0.419 e. The summed E-state index contributed by atoms with van der Waals surface area (Å²) in [5, 5.41) is 9.44. The minimum Gasteiger partial charge on any atom is -0.459 e. The van der Waals surface area contributed by atoms with E-state index in [1.807, 2.05) is 0 Å². The molecule has 2 aromatic heterocycles. The lowest BCUT2D eigenvalue weighted by molar-refractivity contribution is -0.152. The normalized spacial score (nSPS) is 12.4. The second kappa shape index (κ2) is 17.8. The second-order valence-corrected chi connectivity index (χ2v) is 20.4. The number of nitrogens with zero attached hydrogens (tertiary/aromatic N) is 6. The minimum atomic E-state index is -4.39. The molecule has 0 spiro atoms. The Hall–Kier alpha value is -5.13. The van der Waals surface area contributed by atoms with Crippen LogP contribution in [0.2, 0.25) is 10.0 Å². The van der Waals surface area contributed by atoms with E-state index in [0.717, 1.165) is 14.1 Å². The summed E-state index contributed by atoms with van der Waals surface area (Å²) in [6, 6.07) is 13.5. The van der Waals surface area contributed by atoms with Gasteiger partial charge in [0, 0.05) is 28.2 Å². The number of carbonyl (C=O) groups excluding carboxylic acids is 4. The maximum absolute atomic E-state index is 14.1. The van der Waals surface area contributed by atoms with Gasteiger partial charge in [-0.15, -0.1) is 10.2 Å². The highest BCUT2D eigenvalue weighted by Gasteiger charge is 2.34. The zero-order chi connectivity index (χ0) is 45.2. The monoisotopic (exact) mass is 890 g/mol. The van der Waals surface area contributed by atoms with Gasteiger partial charge in [-0.3, -0.25) is 18.6 Å². The number of sulfonamides is 1. The van der Waals surface area contributed by atoms with E-state index in [1.54, 1.807) is 118 Å². The third-order valence-electron chi connectivity index (χ3n) is 7.63. The number of rotatable bonds is 10. The first-order valence-corrected chi connectivity index (χ1v) is 21.0. The van der Waals surface area contributed by atoms with E-state index in [0.29, 0.717) is 16.7 Å². The van der Waals surface area contributed by atoms with E-state index >= 15 is 0 Å². The number of benzene rings is 2. The molecule has 2 heterocycles. The van der Waals surface area contributed by atoms with Crippen molar-refractivity contribution in [2.75, 3.05) is 28.8 Å². The molecule has 0 radical (unpaired) electrons. The number of amides is 3. The molecule has 2 aromatic carbocycles. The summed E-state index contributed by atoms with van der Waals surface area (Å²) in [5.41, 5.74) is -2.91. The van der Waals surface area contributed by atoms with Crippen LogP contribution in [-0.2, 0) is 33.8 Å². The molecule has 0 N–H and O–H groups in total. The molecule has 0 saturated carbocycles. The van der Waals surface area contributed by atoms with Crippen LogP contribution in [0.4, 0.5) is 25.9 Å². The molecular weight excluding hydrogens is 839 g/mol. The Kier molecular flexibility index (Phi) is 14.1. The highest BCUT2D eigenvalue weighted by Crippen LogP contribution is 2.32. The predicted molar refractivity (Wildman–Crippen MR) is 228 cm³/mol. The number of anilines is 2. The molecule has 0 aliphatic heterocycles. The number of hydrogen-bond acceptors (Lipinski definition) is 12. The number of aromatic nitrogens is 3. The van der Waals surface area contributed by atoms with Crippen molar-refractivity contribution in [1.82, 2.24) is 19.7 Å². The molecule has 326 valence electrons. The highest BCUT2D eigenvalue weighted by molar-refractivity contribution is 7.92. The Morgan fingerprint density at radius 1 is 0.650 bits per heavy atom. The molecule has 3 amide bonds.